The first-order valence-corrected chi connectivity index (χ1v) is 7.88. The van der Waals surface area contributed by atoms with Crippen LogP contribution in [-0.4, -0.2) is 33.7 Å². The number of hydrogen-bond acceptors (Lipinski definition) is 4. The average Bonchev–Trinajstić information content (AvgIpc) is 2.61. The van der Waals surface area contributed by atoms with Crippen LogP contribution >= 0.6 is 0 Å². The van der Waals surface area contributed by atoms with Crippen molar-refractivity contribution in [3.05, 3.63) is 53.6 Å². The molecule has 0 aromatic heterocycles. The molecule has 0 aliphatic carbocycles. The highest BCUT2D eigenvalue weighted by atomic mass is 16.5. The van der Waals surface area contributed by atoms with Gasteiger partial charge in [0, 0.05) is 5.56 Å². The lowest BCUT2D eigenvalue weighted by Crippen LogP contribution is -3.08. The largest absolute Gasteiger partial charge is 0.493 e. The Morgan fingerprint density at radius 1 is 1.16 bits per heavy atom. The molecule has 2 aromatic carbocycles. The van der Waals surface area contributed by atoms with Gasteiger partial charge in [0.15, 0.2) is 18.0 Å². The number of anilines is 1. The molecule has 0 saturated carbocycles. The van der Waals surface area contributed by atoms with E-state index in [9.17, 15) is 4.79 Å². The SMILES string of the molecule is COc1ccc(C[NH+](C)CC(=O)Nc2ccccc2C#N)cc1OC. The fourth-order valence-corrected chi connectivity index (χ4v) is 2.56. The monoisotopic (exact) mass is 340 g/mol. The molecule has 130 valence electrons. The summed E-state index contributed by atoms with van der Waals surface area (Å²) < 4.78 is 10.5. The summed E-state index contributed by atoms with van der Waals surface area (Å²) in [6, 6.07) is 14.7. The third-order valence-corrected chi connectivity index (χ3v) is 3.74. The molecule has 2 N–H and O–H groups in total. The van der Waals surface area contributed by atoms with Gasteiger partial charge in [0.25, 0.3) is 5.91 Å². The number of rotatable bonds is 7. The van der Waals surface area contributed by atoms with Crippen LogP contribution in [0.25, 0.3) is 0 Å². The predicted octanol–water partition coefficient (Wildman–Crippen LogP) is 1.23. The molecule has 2 aromatic rings. The van der Waals surface area contributed by atoms with Crippen molar-refractivity contribution < 1.29 is 19.2 Å². The highest BCUT2D eigenvalue weighted by Crippen LogP contribution is 2.27. The van der Waals surface area contributed by atoms with Crippen molar-refractivity contribution in [3.63, 3.8) is 0 Å². The smallest absolute Gasteiger partial charge is 0.279 e. The second kappa shape index (κ2) is 8.71. The Morgan fingerprint density at radius 2 is 1.88 bits per heavy atom. The number of benzene rings is 2. The molecule has 0 heterocycles. The molecule has 0 aliphatic rings. The van der Waals surface area contributed by atoms with Gasteiger partial charge in [0.05, 0.1) is 32.5 Å². The van der Waals surface area contributed by atoms with Gasteiger partial charge in [-0.15, -0.1) is 0 Å². The highest BCUT2D eigenvalue weighted by Gasteiger charge is 2.14. The van der Waals surface area contributed by atoms with Crippen LogP contribution in [0, 0.1) is 11.3 Å². The summed E-state index contributed by atoms with van der Waals surface area (Å²) in [5, 5.41) is 11.9. The van der Waals surface area contributed by atoms with Gasteiger partial charge in [0.1, 0.15) is 12.6 Å². The van der Waals surface area contributed by atoms with E-state index in [0.29, 0.717) is 29.3 Å². The quantitative estimate of drug-likeness (QED) is 0.795. The summed E-state index contributed by atoms with van der Waals surface area (Å²) in [7, 11) is 5.13. The normalized spacial score (nSPS) is 11.3. The van der Waals surface area contributed by atoms with Gasteiger partial charge in [-0.3, -0.25) is 4.79 Å². The first kappa shape index (κ1) is 18.3. The Balaban J connectivity index is 1.97. The summed E-state index contributed by atoms with van der Waals surface area (Å²) in [5.74, 6) is 1.20. The minimum atomic E-state index is -0.138. The number of para-hydroxylation sites is 1. The number of carbonyl (C=O) groups is 1. The fourth-order valence-electron chi connectivity index (χ4n) is 2.56. The van der Waals surface area contributed by atoms with Gasteiger partial charge in [-0.05, 0) is 30.3 Å². The molecule has 0 bridgehead atoms. The molecule has 1 unspecified atom stereocenters. The number of ether oxygens (including phenoxy) is 2. The Labute approximate surface area is 147 Å². The molecule has 2 rings (SSSR count). The summed E-state index contributed by atoms with van der Waals surface area (Å²) in [6.07, 6.45) is 0. The Morgan fingerprint density at radius 3 is 2.56 bits per heavy atom. The molecular weight excluding hydrogens is 318 g/mol. The van der Waals surface area contributed by atoms with Crippen LogP contribution in [0.4, 0.5) is 5.69 Å². The van der Waals surface area contributed by atoms with Crippen LogP contribution in [0.1, 0.15) is 11.1 Å². The topological polar surface area (TPSA) is 75.8 Å². The van der Waals surface area contributed by atoms with Crippen LogP contribution in [0.5, 0.6) is 11.5 Å². The van der Waals surface area contributed by atoms with Crippen LogP contribution in [0.15, 0.2) is 42.5 Å². The van der Waals surface area contributed by atoms with E-state index in [-0.39, 0.29) is 12.5 Å². The standard InChI is InChI=1S/C19H21N3O3/c1-22(12-14-8-9-17(24-2)18(10-14)25-3)13-19(23)21-16-7-5-4-6-15(16)11-20/h4-10H,12-13H2,1-3H3,(H,21,23)/p+1. The number of quaternary nitrogens is 1. The maximum absolute atomic E-state index is 12.2. The van der Waals surface area contributed by atoms with E-state index in [1.165, 1.54) is 0 Å². The molecule has 1 atom stereocenters. The molecule has 0 spiro atoms. The highest BCUT2D eigenvalue weighted by molar-refractivity contribution is 5.92. The lowest BCUT2D eigenvalue weighted by molar-refractivity contribution is -0.885. The zero-order chi connectivity index (χ0) is 18.2. The molecule has 1 amide bonds. The maximum Gasteiger partial charge on any atom is 0.279 e. The summed E-state index contributed by atoms with van der Waals surface area (Å²) in [5.41, 5.74) is 2.03. The van der Waals surface area contributed by atoms with Gasteiger partial charge in [0.2, 0.25) is 0 Å². The van der Waals surface area contributed by atoms with Crippen LogP contribution in [0.3, 0.4) is 0 Å². The van der Waals surface area contributed by atoms with E-state index in [4.69, 9.17) is 14.7 Å². The van der Waals surface area contributed by atoms with E-state index in [1.807, 2.05) is 25.2 Å². The summed E-state index contributed by atoms with van der Waals surface area (Å²) in [6.45, 7) is 0.946. The van der Waals surface area contributed by atoms with Gasteiger partial charge in [-0.2, -0.15) is 5.26 Å². The average molecular weight is 340 g/mol. The van der Waals surface area contributed by atoms with Crippen molar-refractivity contribution in [2.24, 2.45) is 0 Å². The third-order valence-electron chi connectivity index (χ3n) is 3.74. The molecule has 0 fully saturated rings. The second-order valence-electron chi connectivity index (χ2n) is 5.71. The van der Waals surface area contributed by atoms with Crippen molar-refractivity contribution in [2.45, 2.75) is 6.54 Å². The van der Waals surface area contributed by atoms with Gasteiger partial charge in [-0.1, -0.05) is 12.1 Å². The number of nitrogens with one attached hydrogen (secondary N) is 2. The lowest BCUT2D eigenvalue weighted by atomic mass is 10.2. The number of hydrogen-bond donors (Lipinski definition) is 2. The van der Waals surface area contributed by atoms with Crippen LogP contribution in [-0.2, 0) is 11.3 Å². The number of amides is 1. The number of likely N-dealkylation sites (N-methyl/N-ethyl adjacent to an activating group) is 1. The summed E-state index contributed by atoms with van der Waals surface area (Å²) in [4.78, 5) is 13.2. The van der Waals surface area contributed by atoms with E-state index in [0.717, 1.165) is 10.5 Å². The minimum absolute atomic E-state index is 0.138. The van der Waals surface area contributed by atoms with Crippen molar-refractivity contribution in [3.8, 4) is 17.6 Å². The van der Waals surface area contributed by atoms with E-state index in [2.05, 4.69) is 11.4 Å². The summed E-state index contributed by atoms with van der Waals surface area (Å²) >= 11 is 0. The Kier molecular flexibility index (Phi) is 6.38. The van der Waals surface area contributed by atoms with E-state index >= 15 is 0 Å². The van der Waals surface area contributed by atoms with E-state index < -0.39 is 0 Å². The first-order chi connectivity index (χ1) is 12.1. The zero-order valence-corrected chi connectivity index (χ0v) is 14.6. The predicted molar refractivity (Wildman–Crippen MR) is 94.8 cm³/mol. The van der Waals surface area contributed by atoms with E-state index in [1.54, 1.807) is 38.5 Å². The first-order valence-electron chi connectivity index (χ1n) is 7.88. The molecule has 0 saturated heterocycles. The number of methoxy groups -OCH3 is 2. The molecule has 6 heteroatoms. The number of carbonyl (C=O) groups excluding carboxylic acids is 1. The third kappa shape index (κ3) is 4.96. The molecule has 0 radical (unpaired) electrons. The Hall–Kier alpha value is -3.04. The number of nitriles is 1. The van der Waals surface area contributed by atoms with Crippen molar-refractivity contribution in [2.75, 3.05) is 33.1 Å². The maximum atomic E-state index is 12.2. The second-order valence-corrected chi connectivity index (χ2v) is 5.71. The van der Waals surface area contributed by atoms with Gasteiger partial charge in [-0.25, -0.2) is 0 Å². The van der Waals surface area contributed by atoms with Crippen molar-refractivity contribution in [1.29, 1.82) is 5.26 Å². The van der Waals surface area contributed by atoms with Crippen LogP contribution in [0.2, 0.25) is 0 Å². The number of nitrogens with zero attached hydrogens (tertiary/aromatic N) is 1. The lowest BCUT2D eigenvalue weighted by Gasteiger charge is -2.15. The van der Waals surface area contributed by atoms with Crippen molar-refractivity contribution >= 4 is 11.6 Å². The molecule has 25 heavy (non-hydrogen) atoms. The van der Waals surface area contributed by atoms with Gasteiger partial charge >= 0.3 is 0 Å². The fraction of sp³-hybridized carbons (Fsp3) is 0.263. The Bertz CT molecular complexity index is 784. The molecular formula is C19H22N3O3+. The zero-order valence-electron chi connectivity index (χ0n) is 14.6. The van der Waals surface area contributed by atoms with Crippen LogP contribution < -0.4 is 19.7 Å². The minimum Gasteiger partial charge on any atom is -0.493 e. The molecule has 6 nitrogen and oxygen atoms in total. The van der Waals surface area contributed by atoms with Gasteiger partial charge < -0.3 is 19.7 Å². The van der Waals surface area contributed by atoms with Crippen molar-refractivity contribution in [1.82, 2.24) is 0 Å². The molecule has 0 aliphatic heterocycles.